The van der Waals surface area contributed by atoms with Crippen molar-refractivity contribution in [2.75, 3.05) is 0 Å². The Balaban J connectivity index is 1.61. The molecule has 2 heterocycles. The first-order valence-electron chi connectivity index (χ1n) is 10.5. The summed E-state index contributed by atoms with van der Waals surface area (Å²) in [4.78, 5) is 25.6. The van der Waals surface area contributed by atoms with Crippen molar-refractivity contribution >= 4 is 58.7 Å². The highest BCUT2D eigenvalue weighted by Gasteiger charge is 2.44. The number of hydrogen-bond donors (Lipinski definition) is 2. The molecule has 2 nitrogen and oxygen atoms in total. The molecule has 1 aliphatic rings. The first kappa shape index (κ1) is 21.1. The highest BCUT2D eigenvalue weighted by Crippen LogP contribution is 2.53. The Morgan fingerprint density at radius 1 is 0.645 bits per heavy atom. The van der Waals surface area contributed by atoms with Crippen LogP contribution in [0, 0.1) is 0 Å². The van der Waals surface area contributed by atoms with Crippen LogP contribution in [0.4, 0.5) is 0 Å². The van der Waals surface area contributed by atoms with Crippen LogP contribution in [0.25, 0.3) is 9.75 Å². The van der Waals surface area contributed by atoms with Crippen molar-refractivity contribution in [3.63, 3.8) is 0 Å². The summed E-state index contributed by atoms with van der Waals surface area (Å²) < 4.78 is 2.20. The Morgan fingerprint density at radius 3 is 1.35 bits per heavy atom. The molecule has 0 saturated carbocycles. The van der Waals surface area contributed by atoms with Gasteiger partial charge in [-0.25, -0.2) is 0 Å². The van der Waals surface area contributed by atoms with E-state index in [1.54, 1.807) is 22.7 Å². The predicted molar refractivity (Wildman–Crippen MR) is 139 cm³/mol. The Labute approximate surface area is 193 Å². The van der Waals surface area contributed by atoms with Crippen molar-refractivity contribution in [3.8, 4) is 9.75 Å². The molecule has 0 spiro atoms. The second kappa shape index (κ2) is 7.10. The average Bonchev–Trinajstić information content (AvgIpc) is 3.44. The van der Waals surface area contributed by atoms with E-state index in [9.17, 15) is 9.59 Å². The molecule has 0 amide bonds. The van der Waals surface area contributed by atoms with E-state index in [1.807, 2.05) is 73.8 Å². The van der Waals surface area contributed by atoms with Gasteiger partial charge in [-0.1, -0.05) is 74.5 Å². The fourth-order valence-corrected chi connectivity index (χ4v) is 12.8. The maximum absolute atomic E-state index is 11.5. The third-order valence-electron chi connectivity index (χ3n) is 6.65. The lowest BCUT2D eigenvalue weighted by Crippen LogP contribution is -2.54. The minimum Gasteiger partial charge on any atom is -0.424 e. The second-order valence-corrected chi connectivity index (χ2v) is 18.6. The molecule has 5 rings (SSSR count). The largest absolute Gasteiger partial charge is 0.424 e. The fraction of sp³-hybridized carbons (Fsp3) is 0.200. The summed E-state index contributed by atoms with van der Waals surface area (Å²) in [6, 6.07) is 24.7. The van der Waals surface area contributed by atoms with Crippen molar-refractivity contribution in [3.05, 3.63) is 83.9 Å². The van der Waals surface area contributed by atoms with Gasteiger partial charge in [-0.05, 0) is 46.7 Å². The lowest BCUT2D eigenvalue weighted by Gasteiger charge is -2.22. The maximum atomic E-state index is 11.5. The van der Waals surface area contributed by atoms with Crippen LogP contribution >= 0.6 is 22.7 Å². The summed E-state index contributed by atoms with van der Waals surface area (Å²) >= 11 is 3.49. The van der Waals surface area contributed by atoms with E-state index >= 15 is 0 Å². The molecule has 2 unspecified atom stereocenters. The van der Waals surface area contributed by atoms with E-state index < -0.39 is 16.6 Å². The zero-order valence-electron chi connectivity index (χ0n) is 18.1. The van der Waals surface area contributed by atoms with Crippen molar-refractivity contribution in [1.29, 1.82) is 0 Å². The van der Waals surface area contributed by atoms with Gasteiger partial charge in [0.2, 0.25) is 0 Å². The van der Waals surface area contributed by atoms with Crippen LogP contribution in [0.5, 0.6) is 0 Å². The molecule has 2 aromatic heterocycles. The van der Waals surface area contributed by atoms with E-state index in [2.05, 4.69) is 26.0 Å². The van der Waals surface area contributed by atoms with E-state index in [4.69, 9.17) is 0 Å². The quantitative estimate of drug-likeness (QED) is 0.441. The molecule has 31 heavy (non-hydrogen) atoms. The van der Waals surface area contributed by atoms with Gasteiger partial charge >= 0.3 is 0 Å². The van der Waals surface area contributed by atoms with Crippen LogP contribution in [0.15, 0.2) is 72.8 Å². The zero-order valence-corrected chi connectivity index (χ0v) is 21.8. The third kappa shape index (κ3) is 3.16. The molecule has 2 N–H and O–H groups in total. The predicted octanol–water partition coefficient (Wildman–Crippen LogP) is 3.48. The van der Waals surface area contributed by atoms with Crippen LogP contribution in [0.1, 0.15) is 25.0 Å². The van der Waals surface area contributed by atoms with Gasteiger partial charge in [0.05, 0.1) is 0 Å². The number of hydrogen-bond acceptors (Lipinski definition) is 4. The summed E-state index contributed by atoms with van der Waals surface area (Å²) in [6.45, 7) is 8.57. The Bertz CT molecular complexity index is 1160. The van der Waals surface area contributed by atoms with Crippen LogP contribution in [0.2, 0.25) is 13.1 Å². The highest BCUT2D eigenvalue weighted by molar-refractivity contribution is 7.35. The summed E-state index contributed by atoms with van der Waals surface area (Å²) in [5.41, 5.74) is 2.49. The first-order chi connectivity index (χ1) is 14.6. The number of thiophene rings is 2. The summed E-state index contributed by atoms with van der Waals surface area (Å²) in [7, 11) is -5.46. The van der Waals surface area contributed by atoms with Crippen molar-refractivity contribution in [2.45, 2.75) is 32.4 Å². The van der Waals surface area contributed by atoms with E-state index in [-0.39, 0.29) is 5.41 Å². The molecule has 2 atom stereocenters. The third-order valence-corrected chi connectivity index (χ3v) is 16.8. The van der Waals surface area contributed by atoms with Gasteiger partial charge in [0, 0.05) is 24.2 Å². The maximum Gasteiger partial charge on any atom is 0.259 e. The fourth-order valence-electron chi connectivity index (χ4n) is 4.48. The molecule has 0 fully saturated rings. The van der Waals surface area contributed by atoms with Gasteiger partial charge in [-0.15, -0.1) is 22.7 Å². The molecule has 158 valence electrons. The number of rotatable bonds is 4. The van der Waals surface area contributed by atoms with Gasteiger partial charge in [0.25, 0.3) is 16.6 Å². The molecule has 2 aromatic carbocycles. The molecule has 0 saturated heterocycles. The highest BCUT2D eigenvalue weighted by atomic mass is 32.1. The first-order valence-corrected chi connectivity index (χ1v) is 17.0. The number of benzene rings is 2. The van der Waals surface area contributed by atoms with Gasteiger partial charge in [-0.3, -0.25) is 0 Å². The van der Waals surface area contributed by atoms with Crippen molar-refractivity contribution in [1.82, 2.24) is 0 Å². The Morgan fingerprint density at radius 2 is 1.00 bits per heavy atom. The van der Waals surface area contributed by atoms with Crippen molar-refractivity contribution in [2.24, 2.45) is 0 Å². The van der Waals surface area contributed by atoms with E-state index in [0.717, 1.165) is 19.4 Å². The van der Waals surface area contributed by atoms with Gasteiger partial charge in [0.1, 0.15) is 0 Å². The molecular formula is C25H26O2S2Si2. The molecule has 1 aliphatic carbocycles. The van der Waals surface area contributed by atoms with E-state index in [0.29, 0.717) is 0 Å². The van der Waals surface area contributed by atoms with Crippen LogP contribution in [-0.4, -0.2) is 26.2 Å². The molecule has 0 aliphatic heterocycles. The smallest absolute Gasteiger partial charge is 0.259 e. The molecule has 6 heteroatoms. The van der Waals surface area contributed by atoms with Crippen LogP contribution < -0.4 is 19.4 Å². The molecule has 0 bridgehead atoms. The molecular weight excluding hydrogens is 453 g/mol. The normalized spacial score (nSPS) is 18.1. The molecule has 4 aromatic rings. The minimum absolute atomic E-state index is 0.128. The minimum atomic E-state index is -2.73. The summed E-state index contributed by atoms with van der Waals surface area (Å²) in [6.07, 6.45) is 0. The van der Waals surface area contributed by atoms with Gasteiger partial charge < -0.3 is 9.59 Å². The lowest BCUT2D eigenvalue weighted by atomic mass is 9.84. The van der Waals surface area contributed by atoms with E-state index in [1.165, 1.54) is 20.9 Å². The topological polar surface area (TPSA) is 40.5 Å². The van der Waals surface area contributed by atoms with Crippen molar-refractivity contribution < 1.29 is 9.59 Å². The van der Waals surface area contributed by atoms with Crippen LogP contribution in [-0.2, 0) is 5.41 Å². The SMILES string of the molecule is CC1(C)c2cc([Si](C)(O)c3ccccc3)sc2-c2sc([Si](C)(O)c3ccccc3)cc21. The number of fused-ring (bicyclic) bond motifs is 3. The van der Waals surface area contributed by atoms with Gasteiger partial charge in [0.15, 0.2) is 0 Å². The summed E-state index contributed by atoms with van der Waals surface area (Å²) in [5.74, 6) is 0. The zero-order chi connectivity index (χ0) is 22.0. The van der Waals surface area contributed by atoms with Gasteiger partial charge in [-0.2, -0.15) is 0 Å². The summed E-state index contributed by atoms with van der Waals surface area (Å²) in [5, 5.41) is 2.08. The lowest BCUT2D eigenvalue weighted by molar-refractivity contribution is 0.576. The molecule has 0 radical (unpaired) electrons. The Hall–Kier alpha value is -1.81. The standard InChI is InChI=1S/C25H26O2S2Si2/c1-25(2)19-15-21(30(3,26)17-11-7-5-8-12-17)28-23(19)24-20(25)16-22(29-24)31(4,27)18-13-9-6-10-14-18/h5-16,26-27H,1-4H3. The van der Waals surface area contributed by atoms with Crippen LogP contribution in [0.3, 0.4) is 0 Å². The second-order valence-electron chi connectivity index (χ2n) is 9.21. The Kier molecular flexibility index (Phi) is 4.82. The monoisotopic (exact) mass is 478 g/mol. The average molecular weight is 479 g/mol.